The molecule has 0 saturated carbocycles. The topological polar surface area (TPSA) is 56.5 Å². The van der Waals surface area contributed by atoms with E-state index in [1.54, 1.807) is 24.3 Å². The molecule has 142 valence electrons. The molecule has 0 aliphatic rings. The molecular weight excluding hydrogens is 417 g/mol. The summed E-state index contributed by atoms with van der Waals surface area (Å²) in [6.07, 6.45) is 2.71. The number of hydrogen-bond acceptors (Lipinski definition) is 5. The maximum Gasteiger partial charge on any atom is 0.291 e. The normalized spacial score (nSPS) is 12.0. The van der Waals surface area contributed by atoms with Crippen molar-refractivity contribution >= 4 is 45.6 Å². The molecule has 0 fully saturated rings. The summed E-state index contributed by atoms with van der Waals surface area (Å²) in [5.41, 5.74) is 1.40. The Bertz CT molecular complexity index is 1250. The van der Waals surface area contributed by atoms with Crippen LogP contribution in [0.3, 0.4) is 0 Å². The second-order valence-electron chi connectivity index (χ2n) is 6.09. The van der Waals surface area contributed by atoms with E-state index in [9.17, 15) is 4.79 Å². The molecule has 4 aromatic rings. The summed E-state index contributed by atoms with van der Waals surface area (Å²) in [5.74, 6) is 1.31. The van der Waals surface area contributed by atoms with Crippen molar-refractivity contribution in [3.8, 4) is 17.1 Å². The van der Waals surface area contributed by atoms with Crippen molar-refractivity contribution in [2.75, 3.05) is 6.61 Å². The zero-order valence-electron chi connectivity index (χ0n) is 14.9. The fourth-order valence-electron chi connectivity index (χ4n) is 2.63. The molecule has 28 heavy (non-hydrogen) atoms. The molecule has 4 rings (SSSR count). The monoisotopic (exact) mass is 431 g/mol. The fraction of sp³-hybridized carbons (Fsp3) is 0.150. The summed E-state index contributed by atoms with van der Waals surface area (Å²) < 4.78 is 7.44. The number of fused-ring (bicyclic) bond motifs is 1. The van der Waals surface area contributed by atoms with Crippen molar-refractivity contribution in [1.82, 2.24) is 14.6 Å². The zero-order valence-corrected chi connectivity index (χ0v) is 17.2. The first kappa shape index (κ1) is 18.9. The average molecular weight is 432 g/mol. The predicted octanol–water partition coefficient (Wildman–Crippen LogP) is 4.46. The number of thiazole rings is 1. The van der Waals surface area contributed by atoms with Crippen LogP contribution >= 0.6 is 34.5 Å². The summed E-state index contributed by atoms with van der Waals surface area (Å²) in [7, 11) is 0. The molecule has 0 radical (unpaired) electrons. The van der Waals surface area contributed by atoms with Crippen LogP contribution in [-0.4, -0.2) is 21.2 Å². The third kappa shape index (κ3) is 3.76. The standard InChI is InChI=1S/C20H15Cl2N3O2S/c1-2-9-27-14-6-4-13(5-7-14)18-23-20-25(24-18)19(26)17(28-20)11-12-3-8-15(21)16(22)10-12/h3-8,10-11H,2,9H2,1H3/b17-11-. The van der Waals surface area contributed by atoms with Gasteiger partial charge >= 0.3 is 0 Å². The van der Waals surface area contributed by atoms with Gasteiger partial charge in [-0.25, -0.2) is 0 Å². The predicted molar refractivity (Wildman–Crippen MR) is 114 cm³/mol. The van der Waals surface area contributed by atoms with Crippen LogP contribution in [0.5, 0.6) is 5.75 Å². The third-order valence-electron chi connectivity index (χ3n) is 4.01. The lowest BCUT2D eigenvalue weighted by molar-refractivity contribution is 0.317. The molecule has 0 bridgehead atoms. The van der Waals surface area contributed by atoms with Gasteiger partial charge in [0.05, 0.1) is 21.2 Å². The Hall–Kier alpha value is -2.41. The molecule has 0 spiro atoms. The van der Waals surface area contributed by atoms with Gasteiger partial charge in [0, 0.05) is 5.56 Å². The van der Waals surface area contributed by atoms with E-state index in [-0.39, 0.29) is 5.56 Å². The van der Waals surface area contributed by atoms with E-state index in [4.69, 9.17) is 27.9 Å². The van der Waals surface area contributed by atoms with Crippen LogP contribution in [0, 0.1) is 0 Å². The number of hydrogen-bond donors (Lipinski definition) is 0. The number of aromatic nitrogens is 3. The lowest BCUT2D eigenvalue weighted by atomic mass is 10.2. The van der Waals surface area contributed by atoms with Gasteiger partial charge in [0.15, 0.2) is 5.82 Å². The van der Waals surface area contributed by atoms with Crippen LogP contribution < -0.4 is 14.8 Å². The highest BCUT2D eigenvalue weighted by Gasteiger charge is 2.12. The van der Waals surface area contributed by atoms with Gasteiger partial charge < -0.3 is 4.74 Å². The molecule has 2 aromatic carbocycles. The first-order chi connectivity index (χ1) is 13.5. The molecule has 5 nitrogen and oxygen atoms in total. The summed E-state index contributed by atoms with van der Waals surface area (Å²) in [5, 5.41) is 5.28. The Morgan fingerprint density at radius 3 is 2.61 bits per heavy atom. The summed E-state index contributed by atoms with van der Waals surface area (Å²) >= 11 is 13.3. The number of benzene rings is 2. The first-order valence-electron chi connectivity index (χ1n) is 8.65. The molecule has 0 aliphatic heterocycles. The van der Waals surface area contributed by atoms with Gasteiger partial charge in [-0.05, 0) is 54.5 Å². The van der Waals surface area contributed by atoms with E-state index in [0.717, 1.165) is 23.3 Å². The Morgan fingerprint density at radius 2 is 1.93 bits per heavy atom. The Labute approximate surface area is 174 Å². The number of rotatable bonds is 5. The molecule has 0 amide bonds. The smallest absolute Gasteiger partial charge is 0.291 e. The van der Waals surface area contributed by atoms with Crippen molar-refractivity contribution in [3.63, 3.8) is 0 Å². The highest BCUT2D eigenvalue weighted by atomic mass is 35.5. The Kier molecular flexibility index (Phi) is 5.35. The van der Waals surface area contributed by atoms with Gasteiger partial charge in [-0.3, -0.25) is 4.79 Å². The van der Waals surface area contributed by atoms with Crippen LogP contribution in [0.25, 0.3) is 22.4 Å². The van der Waals surface area contributed by atoms with E-state index in [1.165, 1.54) is 15.9 Å². The zero-order chi connectivity index (χ0) is 19.7. The van der Waals surface area contributed by atoms with Gasteiger partial charge in [0.2, 0.25) is 4.96 Å². The van der Waals surface area contributed by atoms with E-state index < -0.39 is 0 Å². The maximum atomic E-state index is 12.7. The first-order valence-corrected chi connectivity index (χ1v) is 10.2. The van der Waals surface area contributed by atoms with E-state index in [2.05, 4.69) is 17.0 Å². The Morgan fingerprint density at radius 1 is 1.14 bits per heavy atom. The minimum Gasteiger partial charge on any atom is -0.494 e. The van der Waals surface area contributed by atoms with Crippen molar-refractivity contribution in [1.29, 1.82) is 0 Å². The molecule has 2 heterocycles. The maximum absolute atomic E-state index is 12.7. The second-order valence-corrected chi connectivity index (χ2v) is 7.92. The van der Waals surface area contributed by atoms with Gasteiger partial charge in [-0.1, -0.05) is 47.5 Å². The van der Waals surface area contributed by atoms with Crippen LogP contribution in [0.2, 0.25) is 10.0 Å². The molecule has 0 unspecified atom stereocenters. The third-order valence-corrected chi connectivity index (χ3v) is 5.71. The van der Waals surface area contributed by atoms with Crippen LogP contribution in [-0.2, 0) is 0 Å². The highest BCUT2D eigenvalue weighted by Crippen LogP contribution is 2.23. The summed E-state index contributed by atoms with van der Waals surface area (Å²) in [4.78, 5) is 17.7. The lowest BCUT2D eigenvalue weighted by Gasteiger charge is -2.04. The molecule has 2 aromatic heterocycles. The lowest BCUT2D eigenvalue weighted by Crippen LogP contribution is -2.23. The highest BCUT2D eigenvalue weighted by molar-refractivity contribution is 7.15. The van der Waals surface area contributed by atoms with Crippen molar-refractivity contribution < 1.29 is 4.74 Å². The quantitative estimate of drug-likeness (QED) is 0.467. The largest absolute Gasteiger partial charge is 0.494 e. The van der Waals surface area contributed by atoms with Crippen molar-refractivity contribution in [3.05, 3.63) is 73.0 Å². The van der Waals surface area contributed by atoms with E-state index >= 15 is 0 Å². The molecule has 0 saturated heterocycles. The fourth-order valence-corrected chi connectivity index (χ4v) is 3.84. The van der Waals surface area contributed by atoms with E-state index in [1.807, 2.05) is 24.3 Å². The molecule has 8 heteroatoms. The molecule has 0 N–H and O–H groups in total. The minimum absolute atomic E-state index is 0.215. The Balaban J connectivity index is 1.67. The van der Waals surface area contributed by atoms with Crippen LogP contribution in [0.4, 0.5) is 0 Å². The number of nitrogens with zero attached hydrogens (tertiary/aromatic N) is 3. The van der Waals surface area contributed by atoms with Gasteiger partial charge in [-0.15, -0.1) is 5.10 Å². The van der Waals surface area contributed by atoms with Gasteiger partial charge in [0.25, 0.3) is 5.56 Å². The summed E-state index contributed by atoms with van der Waals surface area (Å²) in [6.45, 7) is 2.74. The van der Waals surface area contributed by atoms with Gasteiger partial charge in [0.1, 0.15) is 5.75 Å². The summed E-state index contributed by atoms with van der Waals surface area (Å²) in [6, 6.07) is 12.7. The van der Waals surface area contributed by atoms with Crippen LogP contribution in [0.1, 0.15) is 18.9 Å². The molecule has 0 aliphatic carbocycles. The van der Waals surface area contributed by atoms with E-state index in [0.29, 0.717) is 32.0 Å². The van der Waals surface area contributed by atoms with Crippen molar-refractivity contribution in [2.45, 2.75) is 13.3 Å². The number of halogens is 2. The van der Waals surface area contributed by atoms with Crippen molar-refractivity contribution in [2.24, 2.45) is 0 Å². The molecular formula is C20H15Cl2N3O2S. The van der Waals surface area contributed by atoms with Gasteiger partial charge in [-0.2, -0.15) is 9.50 Å². The minimum atomic E-state index is -0.215. The SMILES string of the molecule is CCCOc1ccc(-c2nc3s/c(=C\c4ccc(Cl)c(Cl)c4)c(=O)n3n2)cc1. The van der Waals surface area contributed by atoms with Crippen LogP contribution in [0.15, 0.2) is 47.3 Å². The molecule has 0 atom stereocenters. The number of ether oxygens (including phenoxy) is 1. The second kappa shape index (κ2) is 7.91. The average Bonchev–Trinajstić information content (AvgIpc) is 3.23.